The topological polar surface area (TPSA) is 88.3 Å². The molecule has 1 aromatic heterocycles. The van der Waals surface area contributed by atoms with Gasteiger partial charge in [0.25, 0.3) is 0 Å². The fraction of sp³-hybridized carbons (Fsp3) is 0.414. The van der Waals surface area contributed by atoms with Crippen LogP contribution in [0.2, 0.25) is 0 Å². The second kappa shape index (κ2) is 15.3. The van der Waals surface area contributed by atoms with Gasteiger partial charge in [-0.05, 0) is 35.4 Å². The maximum Gasteiger partial charge on any atom is 0.0701 e. The fourth-order valence-electron chi connectivity index (χ4n) is 4.23. The Hall–Kier alpha value is -3.01. The molecule has 0 unspecified atom stereocenters. The SMILES string of the molecule is Nc1ccccc1CN1CCOCCOCCN(Cc2ccccc2N=Cc2ccc[nH]2)CCOCC1. The molecule has 3 aromatic rings. The number of ether oxygens (including phenoxy) is 3. The molecule has 198 valence electrons. The van der Waals surface area contributed by atoms with Crippen LogP contribution in [0.25, 0.3) is 0 Å². The summed E-state index contributed by atoms with van der Waals surface area (Å²) in [5.74, 6) is 0. The van der Waals surface area contributed by atoms with E-state index in [1.165, 1.54) is 5.56 Å². The summed E-state index contributed by atoms with van der Waals surface area (Å²) in [6, 6.07) is 20.3. The van der Waals surface area contributed by atoms with Crippen LogP contribution in [0, 0.1) is 0 Å². The first kappa shape index (κ1) is 27.0. The highest BCUT2D eigenvalue weighted by Gasteiger charge is 2.12. The molecule has 0 aliphatic carbocycles. The van der Waals surface area contributed by atoms with E-state index < -0.39 is 0 Å². The Bertz CT molecular complexity index is 1070. The van der Waals surface area contributed by atoms with E-state index in [4.69, 9.17) is 24.9 Å². The van der Waals surface area contributed by atoms with E-state index >= 15 is 0 Å². The number of nitrogens with zero attached hydrogens (tertiary/aromatic N) is 3. The Balaban J connectivity index is 1.34. The molecule has 0 spiro atoms. The van der Waals surface area contributed by atoms with Crippen molar-refractivity contribution in [3.05, 3.63) is 83.7 Å². The normalized spacial score (nSPS) is 17.9. The number of benzene rings is 2. The van der Waals surface area contributed by atoms with Crippen LogP contribution in [0.15, 0.2) is 71.9 Å². The predicted molar refractivity (Wildman–Crippen MR) is 148 cm³/mol. The first-order valence-electron chi connectivity index (χ1n) is 13.0. The minimum atomic E-state index is 0.590. The zero-order valence-corrected chi connectivity index (χ0v) is 21.6. The van der Waals surface area contributed by atoms with Crippen LogP contribution in [0.4, 0.5) is 11.4 Å². The molecule has 1 aliphatic heterocycles. The summed E-state index contributed by atoms with van der Waals surface area (Å²) in [4.78, 5) is 12.6. The summed E-state index contributed by atoms with van der Waals surface area (Å²) in [6.45, 7) is 8.65. The number of anilines is 1. The summed E-state index contributed by atoms with van der Waals surface area (Å²) >= 11 is 0. The van der Waals surface area contributed by atoms with Crippen molar-refractivity contribution in [1.82, 2.24) is 14.8 Å². The van der Waals surface area contributed by atoms with Gasteiger partial charge in [0.1, 0.15) is 0 Å². The molecule has 1 fully saturated rings. The summed E-state index contributed by atoms with van der Waals surface area (Å²) in [5.41, 5.74) is 11.3. The van der Waals surface area contributed by atoms with Gasteiger partial charge in [0.05, 0.1) is 57.2 Å². The van der Waals surface area contributed by atoms with Crippen molar-refractivity contribution in [2.75, 3.05) is 71.6 Å². The number of aromatic amines is 1. The van der Waals surface area contributed by atoms with Gasteiger partial charge in [-0.1, -0.05) is 36.4 Å². The van der Waals surface area contributed by atoms with Crippen LogP contribution in [0.3, 0.4) is 0 Å². The van der Waals surface area contributed by atoms with Crippen LogP contribution >= 0.6 is 0 Å². The average molecular weight is 506 g/mol. The highest BCUT2D eigenvalue weighted by atomic mass is 16.5. The number of aliphatic imine (C=N–C) groups is 1. The maximum atomic E-state index is 6.18. The summed E-state index contributed by atoms with van der Waals surface area (Å²) in [6.07, 6.45) is 3.77. The van der Waals surface area contributed by atoms with E-state index in [1.54, 1.807) is 0 Å². The molecule has 0 amide bonds. The van der Waals surface area contributed by atoms with Gasteiger partial charge in [-0.3, -0.25) is 14.8 Å². The molecular formula is C29H39N5O3. The van der Waals surface area contributed by atoms with Gasteiger partial charge < -0.3 is 24.9 Å². The van der Waals surface area contributed by atoms with Gasteiger partial charge in [-0.15, -0.1) is 0 Å². The average Bonchev–Trinajstić information content (AvgIpc) is 3.43. The number of hydrogen-bond donors (Lipinski definition) is 2. The number of nitrogens with one attached hydrogen (secondary N) is 1. The number of H-pyrrole nitrogens is 1. The lowest BCUT2D eigenvalue weighted by atomic mass is 10.1. The van der Waals surface area contributed by atoms with Gasteiger partial charge >= 0.3 is 0 Å². The van der Waals surface area contributed by atoms with E-state index in [9.17, 15) is 0 Å². The van der Waals surface area contributed by atoms with Crippen LogP contribution in [0.5, 0.6) is 0 Å². The van der Waals surface area contributed by atoms with Crippen molar-refractivity contribution in [2.45, 2.75) is 13.1 Å². The lowest BCUT2D eigenvalue weighted by molar-refractivity contribution is 0.0311. The molecule has 3 N–H and O–H groups in total. The molecule has 0 atom stereocenters. The van der Waals surface area contributed by atoms with E-state index in [2.05, 4.69) is 39.0 Å². The first-order chi connectivity index (χ1) is 18.3. The van der Waals surface area contributed by atoms with Gasteiger partial charge in [0, 0.05) is 51.2 Å². The number of rotatable bonds is 6. The third kappa shape index (κ3) is 9.42. The van der Waals surface area contributed by atoms with Crippen molar-refractivity contribution < 1.29 is 14.2 Å². The molecular weight excluding hydrogens is 466 g/mol. The number of nitrogens with two attached hydrogens (primary N) is 1. The van der Waals surface area contributed by atoms with E-state index in [0.717, 1.165) is 61.9 Å². The van der Waals surface area contributed by atoms with Gasteiger partial charge in [0.15, 0.2) is 0 Å². The molecule has 8 nitrogen and oxygen atoms in total. The number of hydrogen-bond acceptors (Lipinski definition) is 7. The standard InChI is InChI=1S/C29H39N5O3/c30-28-9-3-1-6-25(28)23-33-12-16-35-17-13-34(15-19-37-21-20-36-18-14-33)24-26-7-2-4-10-29(26)32-22-27-8-5-11-31-27/h1-11,22,31H,12-21,23-24,30H2. The third-order valence-electron chi connectivity index (χ3n) is 6.38. The number of nitrogen functional groups attached to an aromatic ring is 1. The second-order valence-electron chi connectivity index (χ2n) is 9.10. The van der Waals surface area contributed by atoms with Crippen LogP contribution in [-0.4, -0.2) is 86.8 Å². The second-order valence-corrected chi connectivity index (χ2v) is 9.10. The lowest BCUT2D eigenvalue weighted by Crippen LogP contribution is -2.33. The first-order valence-corrected chi connectivity index (χ1v) is 13.0. The molecule has 4 rings (SSSR count). The molecule has 0 bridgehead atoms. The molecule has 2 aromatic carbocycles. The molecule has 0 saturated carbocycles. The Morgan fingerprint density at radius 3 is 1.89 bits per heavy atom. The predicted octanol–water partition coefficient (Wildman–Crippen LogP) is 3.72. The molecule has 37 heavy (non-hydrogen) atoms. The third-order valence-corrected chi connectivity index (χ3v) is 6.38. The van der Waals surface area contributed by atoms with Gasteiger partial charge in [-0.25, -0.2) is 0 Å². The quantitative estimate of drug-likeness (QED) is 0.392. The van der Waals surface area contributed by atoms with E-state index in [0.29, 0.717) is 39.6 Å². The molecule has 1 aliphatic rings. The summed E-state index contributed by atoms with van der Waals surface area (Å²) < 4.78 is 17.8. The Morgan fingerprint density at radius 1 is 0.703 bits per heavy atom. The van der Waals surface area contributed by atoms with Crippen LogP contribution in [-0.2, 0) is 27.3 Å². The maximum absolute atomic E-state index is 6.18. The highest BCUT2D eigenvalue weighted by molar-refractivity contribution is 5.80. The molecule has 8 heteroatoms. The van der Waals surface area contributed by atoms with Crippen molar-refractivity contribution >= 4 is 17.6 Å². The van der Waals surface area contributed by atoms with Crippen LogP contribution in [0.1, 0.15) is 16.8 Å². The molecule has 2 heterocycles. The smallest absolute Gasteiger partial charge is 0.0701 e. The largest absolute Gasteiger partial charge is 0.398 e. The Labute approximate surface area is 220 Å². The minimum Gasteiger partial charge on any atom is -0.398 e. The van der Waals surface area contributed by atoms with Crippen molar-refractivity contribution in [1.29, 1.82) is 0 Å². The fourth-order valence-corrected chi connectivity index (χ4v) is 4.23. The lowest BCUT2D eigenvalue weighted by Gasteiger charge is -2.24. The van der Waals surface area contributed by atoms with Gasteiger partial charge in [0.2, 0.25) is 0 Å². The number of para-hydroxylation sites is 2. The summed E-state index contributed by atoms with van der Waals surface area (Å²) in [7, 11) is 0. The minimum absolute atomic E-state index is 0.590. The Morgan fingerprint density at radius 2 is 1.27 bits per heavy atom. The summed E-state index contributed by atoms with van der Waals surface area (Å²) in [5, 5.41) is 0. The van der Waals surface area contributed by atoms with Gasteiger partial charge in [-0.2, -0.15) is 0 Å². The highest BCUT2D eigenvalue weighted by Crippen LogP contribution is 2.20. The zero-order valence-electron chi connectivity index (χ0n) is 21.6. The molecule has 0 radical (unpaired) electrons. The van der Waals surface area contributed by atoms with Crippen molar-refractivity contribution in [2.24, 2.45) is 4.99 Å². The van der Waals surface area contributed by atoms with E-state index in [-0.39, 0.29) is 0 Å². The monoisotopic (exact) mass is 505 g/mol. The molecule has 1 saturated heterocycles. The van der Waals surface area contributed by atoms with Crippen molar-refractivity contribution in [3.8, 4) is 0 Å². The Kier molecular flexibility index (Phi) is 11.2. The number of aromatic nitrogens is 1. The van der Waals surface area contributed by atoms with E-state index in [1.807, 2.05) is 48.8 Å². The zero-order chi connectivity index (χ0) is 25.5. The van der Waals surface area contributed by atoms with Crippen LogP contribution < -0.4 is 5.73 Å². The van der Waals surface area contributed by atoms with Crippen molar-refractivity contribution in [3.63, 3.8) is 0 Å².